The Bertz CT molecular complexity index is 1120. The van der Waals surface area contributed by atoms with Crippen LogP contribution in [0.4, 0.5) is 11.4 Å². The molecule has 7 heteroatoms. The van der Waals surface area contributed by atoms with Gasteiger partial charge in [-0.15, -0.1) is 0 Å². The molecule has 0 fully saturated rings. The van der Waals surface area contributed by atoms with Crippen molar-refractivity contribution in [3.63, 3.8) is 0 Å². The summed E-state index contributed by atoms with van der Waals surface area (Å²) in [4.78, 5) is 27.2. The summed E-state index contributed by atoms with van der Waals surface area (Å²) in [5.41, 5.74) is 3.95. The van der Waals surface area contributed by atoms with Crippen molar-refractivity contribution in [2.75, 3.05) is 16.8 Å². The fraction of sp³-hybridized carbons (Fsp3) is 0.261. The van der Waals surface area contributed by atoms with Crippen LogP contribution in [0.25, 0.3) is 11.3 Å². The van der Waals surface area contributed by atoms with E-state index in [1.807, 2.05) is 37.3 Å². The number of rotatable bonds is 4. The minimum absolute atomic E-state index is 0.0790. The number of halogens is 1. The van der Waals surface area contributed by atoms with Gasteiger partial charge in [0.05, 0.1) is 5.02 Å². The fourth-order valence-corrected chi connectivity index (χ4v) is 4.00. The Hall–Kier alpha value is -3.12. The van der Waals surface area contributed by atoms with Crippen LogP contribution in [0.5, 0.6) is 0 Å². The van der Waals surface area contributed by atoms with Gasteiger partial charge in [-0.2, -0.15) is 0 Å². The molecule has 30 heavy (non-hydrogen) atoms. The van der Waals surface area contributed by atoms with Crippen molar-refractivity contribution >= 4 is 34.8 Å². The van der Waals surface area contributed by atoms with E-state index in [1.165, 1.54) is 0 Å². The van der Waals surface area contributed by atoms with Crippen LogP contribution in [-0.4, -0.2) is 23.5 Å². The number of hydrogen-bond donors (Lipinski definition) is 1. The molecule has 1 aliphatic rings. The normalized spacial score (nSPS) is 13.1. The van der Waals surface area contributed by atoms with E-state index < -0.39 is 0 Å². The molecule has 2 amide bonds. The summed E-state index contributed by atoms with van der Waals surface area (Å²) in [6.07, 6.45) is 2.29. The Kier molecular flexibility index (Phi) is 5.59. The van der Waals surface area contributed by atoms with E-state index in [1.54, 1.807) is 24.0 Å². The Morgan fingerprint density at radius 2 is 2.03 bits per heavy atom. The molecule has 0 saturated carbocycles. The van der Waals surface area contributed by atoms with Gasteiger partial charge in [-0.3, -0.25) is 9.59 Å². The van der Waals surface area contributed by atoms with Crippen LogP contribution in [0, 0.1) is 6.92 Å². The van der Waals surface area contributed by atoms with Crippen molar-refractivity contribution < 1.29 is 14.1 Å². The summed E-state index contributed by atoms with van der Waals surface area (Å²) >= 11 is 6.29. The number of benzene rings is 2. The van der Waals surface area contributed by atoms with Crippen LogP contribution in [0.1, 0.15) is 41.4 Å². The first-order valence-electron chi connectivity index (χ1n) is 9.95. The summed E-state index contributed by atoms with van der Waals surface area (Å²) in [5, 5.41) is 7.46. The maximum atomic E-state index is 13.1. The highest BCUT2D eigenvalue weighted by Gasteiger charge is 2.25. The average molecular weight is 424 g/mol. The zero-order valence-corrected chi connectivity index (χ0v) is 17.6. The highest BCUT2D eigenvalue weighted by atomic mass is 35.5. The van der Waals surface area contributed by atoms with Crippen LogP contribution < -0.4 is 10.2 Å². The van der Waals surface area contributed by atoms with Crippen LogP contribution in [0.3, 0.4) is 0 Å². The van der Waals surface area contributed by atoms with Gasteiger partial charge in [0.2, 0.25) is 5.91 Å². The first kappa shape index (κ1) is 20.2. The lowest BCUT2D eigenvalue weighted by Crippen LogP contribution is -2.35. The Morgan fingerprint density at radius 1 is 1.23 bits per heavy atom. The maximum Gasteiger partial charge on any atom is 0.261 e. The molecule has 1 N–H and O–H groups in total. The third-order valence-corrected chi connectivity index (χ3v) is 5.61. The molecule has 154 valence electrons. The van der Waals surface area contributed by atoms with Gasteiger partial charge in [0.1, 0.15) is 17.0 Å². The Labute approximate surface area is 179 Å². The van der Waals surface area contributed by atoms with Gasteiger partial charge in [-0.1, -0.05) is 47.9 Å². The molecule has 0 unspecified atom stereocenters. The van der Waals surface area contributed by atoms with Crippen molar-refractivity contribution in [2.24, 2.45) is 0 Å². The van der Waals surface area contributed by atoms with Crippen LogP contribution in [0.15, 0.2) is 47.0 Å². The Balaban J connectivity index is 1.66. The van der Waals surface area contributed by atoms with Gasteiger partial charge >= 0.3 is 0 Å². The topological polar surface area (TPSA) is 75.4 Å². The third kappa shape index (κ3) is 3.71. The SMILES string of the molecule is CCC(=O)N1CCCc2ccc(NC(=O)c3c(-c4ccccc4Cl)noc3C)cc21. The molecular weight excluding hydrogens is 402 g/mol. The molecule has 0 aliphatic carbocycles. The minimum atomic E-state index is -0.340. The van der Waals surface area contributed by atoms with Gasteiger partial charge in [-0.05, 0) is 43.5 Å². The largest absolute Gasteiger partial charge is 0.360 e. The first-order chi connectivity index (χ1) is 14.5. The third-order valence-electron chi connectivity index (χ3n) is 5.28. The number of hydrogen-bond acceptors (Lipinski definition) is 4. The zero-order valence-electron chi connectivity index (χ0n) is 16.9. The lowest BCUT2D eigenvalue weighted by Gasteiger charge is -2.29. The van der Waals surface area contributed by atoms with Crippen molar-refractivity contribution in [1.29, 1.82) is 0 Å². The number of nitrogens with zero attached hydrogens (tertiary/aromatic N) is 2. The number of fused-ring (bicyclic) bond motifs is 1. The molecule has 6 nitrogen and oxygen atoms in total. The smallest absolute Gasteiger partial charge is 0.261 e. The average Bonchev–Trinajstić information content (AvgIpc) is 3.14. The summed E-state index contributed by atoms with van der Waals surface area (Å²) in [6.45, 7) is 4.24. The van der Waals surface area contributed by atoms with E-state index in [0.717, 1.165) is 24.1 Å². The van der Waals surface area contributed by atoms with Crippen LogP contribution >= 0.6 is 11.6 Å². The molecule has 0 atom stereocenters. The van der Waals surface area contributed by atoms with Crippen molar-refractivity contribution in [2.45, 2.75) is 33.1 Å². The zero-order chi connectivity index (χ0) is 21.3. The van der Waals surface area contributed by atoms with Crippen molar-refractivity contribution in [1.82, 2.24) is 5.16 Å². The van der Waals surface area contributed by atoms with Gasteiger partial charge in [0.15, 0.2) is 0 Å². The van der Waals surface area contributed by atoms with Crippen LogP contribution in [0.2, 0.25) is 5.02 Å². The number of carbonyl (C=O) groups is 2. The predicted molar refractivity (Wildman–Crippen MR) is 117 cm³/mol. The minimum Gasteiger partial charge on any atom is -0.360 e. The predicted octanol–water partition coefficient (Wildman–Crippen LogP) is 5.24. The van der Waals surface area contributed by atoms with Gasteiger partial charge in [-0.25, -0.2) is 0 Å². The standard InChI is InChI=1S/C23H22ClN3O3/c1-3-20(28)27-12-6-7-15-10-11-16(13-19(15)27)25-23(29)21-14(2)30-26-22(21)17-8-4-5-9-18(17)24/h4-5,8-11,13H,3,6-7,12H2,1-2H3,(H,25,29). The van der Waals surface area contributed by atoms with Crippen molar-refractivity contribution in [3.05, 3.63) is 64.4 Å². The van der Waals surface area contributed by atoms with E-state index in [2.05, 4.69) is 10.5 Å². The second-order valence-electron chi connectivity index (χ2n) is 7.24. The van der Waals surface area contributed by atoms with E-state index in [0.29, 0.717) is 46.3 Å². The molecule has 2 aromatic carbocycles. The van der Waals surface area contributed by atoms with Gasteiger partial charge < -0.3 is 14.7 Å². The van der Waals surface area contributed by atoms with E-state index in [9.17, 15) is 9.59 Å². The molecule has 3 aromatic rings. The second-order valence-corrected chi connectivity index (χ2v) is 7.65. The maximum absolute atomic E-state index is 13.1. The molecule has 1 aromatic heterocycles. The van der Waals surface area contributed by atoms with Gasteiger partial charge in [0, 0.05) is 29.9 Å². The number of carbonyl (C=O) groups excluding carboxylic acids is 2. The van der Waals surface area contributed by atoms with E-state index >= 15 is 0 Å². The first-order valence-corrected chi connectivity index (χ1v) is 10.3. The molecule has 0 saturated heterocycles. The molecule has 2 heterocycles. The quantitative estimate of drug-likeness (QED) is 0.622. The highest BCUT2D eigenvalue weighted by molar-refractivity contribution is 6.33. The number of aromatic nitrogens is 1. The lowest BCUT2D eigenvalue weighted by molar-refractivity contribution is -0.118. The molecule has 0 spiro atoms. The molecule has 0 radical (unpaired) electrons. The number of amides is 2. The molecular formula is C23H22ClN3O3. The number of nitrogens with one attached hydrogen (secondary N) is 1. The van der Waals surface area contributed by atoms with E-state index in [4.69, 9.17) is 16.1 Å². The van der Waals surface area contributed by atoms with Gasteiger partial charge in [0.25, 0.3) is 5.91 Å². The fourth-order valence-electron chi connectivity index (χ4n) is 3.77. The number of aryl methyl sites for hydroxylation is 2. The summed E-state index contributed by atoms with van der Waals surface area (Å²) in [7, 11) is 0. The lowest BCUT2D eigenvalue weighted by atomic mass is 10.0. The summed E-state index contributed by atoms with van der Waals surface area (Å²) < 4.78 is 5.30. The summed E-state index contributed by atoms with van der Waals surface area (Å²) in [6, 6.07) is 12.9. The monoisotopic (exact) mass is 423 g/mol. The summed E-state index contributed by atoms with van der Waals surface area (Å²) in [5.74, 6) is 0.145. The molecule has 4 rings (SSSR count). The number of anilines is 2. The molecule has 1 aliphatic heterocycles. The Morgan fingerprint density at radius 3 is 2.80 bits per heavy atom. The van der Waals surface area contributed by atoms with E-state index in [-0.39, 0.29) is 11.8 Å². The van der Waals surface area contributed by atoms with Crippen molar-refractivity contribution in [3.8, 4) is 11.3 Å². The highest BCUT2D eigenvalue weighted by Crippen LogP contribution is 2.33. The van der Waals surface area contributed by atoms with Crippen LogP contribution in [-0.2, 0) is 11.2 Å². The molecule has 0 bridgehead atoms. The second kappa shape index (κ2) is 8.32.